The maximum atomic E-state index is 5.95. The minimum atomic E-state index is 0.321. The van der Waals surface area contributed by atoms with Gasteiger partial charge in [-0.1, -0.05) is 13.0 Å². The van der Waals surface area contributed by atoms with Gasteiger partial charge in [-0.3, -0.25) is 9.67 Å². The lowest BCUT2D eigenvalue weighted by Gasteiger charge is -2.28. The summed E-state index contributed by atoms with van der Waals surface area (Å²) in [5, 5.41) is 4.66. The zero-order valence-electron chi connectivity index (χ0n) is 17.5. The van der Waals surface area contributed by atoms with Gasteiger partial charge in [0.25, 0.3) is 0 Å². The number of aryl methyl sites for hydroxylation is 1. The molecule has 0 aromatic carbocycles. The standard InChI is InChI=1S/C23H27N7/c1-3-17-11-22(28-23(24)27-17)19-4-5-21-20(19)10-15(12-25-21)16-13-26-30(14-16)18-6-8-29(2)9-7-18/h4,10-14,18H,3,5-9H2,1-2H3,(H2,24,27,28). The van der Waals surface area contributed by atoms with E-state index in [0.717, 1.165) is 78.1 Å². The van der Waals surface area contributed by atoms with E-state index in [9.17, 15) is 0 Å². The number of hydrogen-bond donors (Lipinski definition) is 1. The van der Waals surface area contributed by atoms with Crippen molar-refractivity contribution in [3.63, 3.8) is 0 Å². The summed E-state index contributed by atoms with van der Waals surface area (Å²) < 4.78 is 2.13. The third-order valence-electron chi connectivity index (χ3n) is 6.19. The zero-order valence-corrected chi connectivity index (χ0v) is 17.5. The first-order valence-corrected chi connectivity index (χ1v) is 10.7. The molecule has 154 valence electrons. The lowest BCUT2D eigenvalue weighted by atomic mass is 10.0. The van der Waals surface area contributed by atoms with E-state index in [2.05, 4.69) is 57.0 Å². The monoisotopic (exact) mass is 401 g/mol. The Morgan fingerprint density at radius 2 is 1.93 bits per heavy atom. The van der Waals surface area contributed by atoms with Gasteiger partial charge in [0, 0.05) is 46.8 Å². The maximum absolute atomic E-state index is 5.95. The van der Waals surface area contributed by atoms with Crippen molar-refractivity contribution in [1.82, 2.24) is 29.6 Å². The zero-order chi connectivity index (χ0) is 20.7. The highest BCUT2D eigenvalue weighted by atomic mass is 15.3. The van der Waals surface area contributed by atoms with Gasteiger partial charge in [0.05, 0.1) is 23.6 Å². The predicted octanol–water partition coefficient (Wildman–Crippen LogP) is 3.13. The topological polar surface area (TPSA) is 85.8 Å². The van der Waals surface area contributed by atoms with Gasteiger partial charge in [0.2, 0.25) is 5.95 Å². The number of rotatable bonds is 4. The van der Waals surface area contributed by atoms with Gasteiger partial charge >= 0.3 is 0 Å². The molecule has 4 heterocycles. The summed E-state index contributed by atoms with van der Waals surface area (Å²) in [5.74, 6) is 0.321. The molecule has 30 heavy (non-hydrogen) atoms. The second kappa shape index (κ2) is 7.65. The molecular formula is C23H27N7. The summed E-state index contributed by atoms with van der Waals surface area (Å²) in [6, 6.07) is 4.72. The van der Waals surface area contributed by atoms with Crippen LogP contribution in [0.5, 0.6) is 0 Å². The smallest absolute Gasteiger partial charge is 0.220 e. The van der Waals surface area contributed by atoms with Crippen LogP contribution in [0.4, 0.5) is 5.95 Å². The van der Waals surface area contributed by atoms with Crippen molar-refractivity contribution in [2.75, 3.05) is 25.9 Å². The Morgan fingerprint density at radius 3 is 2.73 bits per heavy atom. The second-order valence-electron chi connectivity index (χ2n) is 8.24. The molecule has 0 bridgehead atoms. The Morgan fingerprint density at radius 1 is 1.10 bits per heavy atom. The van der Waals surface area contributed by atoms with Crippen LogP contribution in [0.3, 0.4) is 0 Å². The fourth-order valence-corrected chi connectivity index (χ4v) is 4.38. The van der Waals surface area contributed by atoms with Crippen molar-refractivity contribution in [1.29, 1.82) is 0 Å². The number of pyridine rings is 1. The van der Waals surface area contributed by atoms with Crippen LogP contribution < -0.4 is 5.73 Å². The maximum Gasteiger partial charge on any atom is 0.220 e. The van der Waals surface area contributed by atoms with Gasteiger partial charge in [-0.25, -0.2) is 9.97 Å². The minimum Gasteiger partial charge on any atom is -0.368 e. The number of nitrogens with two attached hydrogens (primary N) is 1. The molecule has 7 heteroatoms. The quantitative estimate of drug-likeness (QED) is 0.723. The fourth-order valence-electron chi connectivity index (χ4n) is 4.38. The number of aromatic nitrogens is 5. The fraction of sp³-hybridized carbons (Fsp3) is 0.391. The van der Waals surface area contributed by atoms with Gasteiger partial charge in [-0.15, -0.1) is 0 Å². The average molecular weight is 402 g/mol. The Balaban J connectivity index is 1.45. The van der Waals surface area contributed by atoms with Gasteiger partial charge in [0.15, 0.2) is 0 Å². The molecular weight excluding hydrogens is 374 g/mol. The molecule has 2 aliphatic rings. The van der Waals surface area contributed by atoms with E-state index in [4.69, 9.17) is 10.7 Å². The van der Waals surface area contributed by atoms with Crippen LogP contribution in [-0.4, -0.2) is 49.8 Å². The van der Waals surface area contributed by atoms with Crippen molar-refractivity contribution in [2.24, 2.45) is 0 Å². The third kappa shape index (κ3) is 3.50. The molecule has 0 unspecified atom stereocenters. The van der Waals surface area contributed by atoms with Gasteiger partial charge in [0.1, 0.15) is 0 Å². The molecule has 3 aromatic rings. The van der Waals surface area contributed by atoms with Crippen molar-refractivity contribution >= 4 is 11.5 Å². The Hall–Kier alpha value is -3.06. The van der Waals surface area contributed by atoms with E-state index in [0.29, 0.717) is 12.0 Å². The average Bonchev–Trinajstić information content (AvgIpc) is 3.41. The van der Waals surface area contributed by atoms with Gasteiger partial charge in [-0.05, 0) is 51.5 Å². The first-order valence-electron chi connectivity index (χ1n) is 10.7. The van der Waals surface area contributed by atoms with Gasteiger partial charge in [-0.2, -0.15) is 5.10 Å². The van der Waals surface area contributed by atoms with E-state index < -0.39 is 0 Å². The highest BCUT2D eigenvalue weighted by Crippen LogP contribution is 2.34. The summed E-state index contributed by atoms with van der Waals surface area (Å²) in [4.78, 5) is 15.9. The Labute approximate surface area is 176 Å². The molecule has 0 atom stereocenters. The highest BCUT2D eigenvalue weighted by molar-refractivity contribution is 5.84. The molecule has 0 radical (unpaired) electrons. The Kier molecular flexibility index (Phi) is 4.83. The summed E-state index contributed by atoms with van der Waals surface area (Å²) >= 11 is 0. The van der Waals surface area contributed by atoms with E-state index in [1.165, 1.54) is 0 Å². The first-order chi connectivity index (χ1) is 14.6. The van der Waals surface area contributed by atoms with Crippen molar-refractivity contribution in [3.05, 3.63) is 59.4 Å². The molecule has 5 rings (SSSR count). The summed E-state index contributed by atoms with van der Waals surface area (Å²) in [7, 11) is 2.18. The van der Waals surface area contributed by atoms with E-state index in [-0.39, 0.29) is 0 Å². The number of nitrogens with zero attached hydrogens (tertiary/aromatic N) is 6. The molecule has 1 fully saturated rings. The number of nitrogen functional groups attached to an aromatic ring is 1. The Bertz CT molecular complexity index is 1110. The molecule has 1 aliphatic carbocycles. The number of piperidine rings is 1. The van der Waals surface area contributed by atoms with Crippen LogP contribution in [0.1, 0.15) is 48.5 Å². The highest BCUT2D eigenvalue weighted by Gasteiger charge is 2.22. The molecule has 2 N–H and O–H groups in total. The van der Waals surface area contributed by atoms with E-state index >= 15 is 0 Å². The van der Waals surface area contributed by atoms with Crippen molar-refractivity contribution in [3.8, 4) is 11.1 Å². The molecule has 0 saturated carbocycles. The first kappa shape index (κ1) is 18.9. The summed E-state index contributed by atoms with van der Waals surface area (Å²) in [5.41, 5.74) is 13.2. The van der Waals surface area contributed by atoms with Crippen LogP contribution in [0, 0.1) is 0 Å². The number of fused-ring (bicyclic) bond motifs is 1. The molecule has 1 saturated heterocycles. The van der Waals surface area contributed by atoms with Crippen LogP contribution >= 0.6 is 0 Å². The molecule has 3 aromatic heterocycles. The molecule has 7 nitrogen and oxygen atoms in total. The van der Waals surface area contributed by atoms with Crippen LogP contribution in [0.25, 0.3) is 16.7 Å². The van der Waals surface area contributed by atoms with E-state index in [1.54, 1.807) is 0 Å². The largest absolute Gasteiger partial charge is 0.368 e. The molecule has 1 aliphatic heterocycles. The van der Waals surface area contributed by atoms with Crippen molar-refractivity contribution in [2.45, 2.75) is 38.6 Å². The number of allylic oxidation sites excluding steroid dienone is 1. The van der Waals surface area contributed by atoms with E-state index in [1.807, 2.05) is 18.5 Å². The number of anilines is 1. The number of hydrogen-bond acceptors (Lipinski definition) is 6. The normalized spacial score (nSPS) is 17.2. The van der Waals surface area contributed by atoms with Crippen molar-refractivity contribution < 1.29 is 0 Å². The lowest BCUT2D eigenvalue weighted by molar-refractivity contribution is 0.212. The van der Waals surface area contributed by atoms with Gasteiger partial charge < -0.3 is 10.6 Å². The molecule has 0 spiro atoms. The third-order valence-corrected chi connectivity index (χ3v) is 6.19. The lowest BCUT2D eigenvalue weighted by Crippen LogP contribution is -2.31. The van der Waals surface area contributed by atoms with Crippen LogP contribution in [0.2, 0.25) is 0 Å². The van der Waals surface area contributed by atoms with Crippen LogP contribution in [0.15, 0.2) is 36.8 Å². The molecule has 0 amide bonds. The predicted molar refractivity (Wildman–Crippen MR) is 118 cm³/mol. The van der Waals surface area contributed by atoms with Crippen LogP contribution in [-0.2, 0) is 12.8 Å². The SMILES string of the molecule is CCc1cc(C2=CCc3ncc(-c4cnn(C5CCN(C)CC5)c4)cc32)nc(N)n1. The second-order valence-corrected chi connectivity index (χ2v) is 8.24. The summed E-state index contributed by atoms with van der Waals surface area (Å²) in [6.45, 7) is 4.32. The minimum absolute atomic E-state index is 0.321. The summed E-state index contributed by atoms with van der Waals surface area (Å²) in [6.07, 6.45) is 12.2. The number of likely N-dealkylation sites (tertiary alicyclic amines) is 1.